The van der Waals surface area contributed by atoms with Gasteiger partial charge in [0.25, 0.3) is 0 Å². The van der Waals surface area contributed by atoms with Crippen LogP contribution in [-0.4, -0.2) is 47.5 Å². The molecule has 0 heterocycles. The summed E-state index contributed by atoms with van der Waals surface area (Å²) in [6.07, 6.45) is 5.75. The number of aryl methyl sites for hydroxylation is 1. The SMILES string of the molecule is CCCCCCCCN(C(=O)CNC(=O)OC(C)(C)C)C(C(=O)NC(C)C)c1ccccc1C. The first-order valence-electron chi connectivity index (χ1n) is 12.6. The van der Waals surface area contributed by atoms with Crippen molar-refractivity contribution >= 4 is 17.9 Å². The minimum atomic E-state index is -0.771. The van der Waals surface area contributed by atoms with E-state index < -0.39 is 17.7 Å². The first kappa shape index (κ1) is 29.5. The lowest BCUT2D eigenvalue weighted by molar-refractivity contribution is -0.140. The molecule has 0 spiro atoms. The van der Waals surface area contributed by atoms with E-state index in [1.54, 1.807) is 25.7 Å². The van der Waals surface area contributed by atoms with Gasteiger partial charge in [-0.3, -0.25) is 9.59 Å². The molecule has 34 heavy (non-hydrogen) atoms. The van der Waals surface area contributed by atoms with Gasteiger partial charge in [0.05, 0.1) is 0 Å². The van der Waals surface area contributed by atoms with Crippen LogP contribution in [0.5, 0.6) is 0 Å². The number of carbonyl (C=O) groups is 3. The number of nitrogens with zero attached hydrogens (tertiary/aromatic N) is 1. The zero-order valence-electron chi connectivity index (χ0n) is 22.2. The lowest BCUT2D eigenvalue weighted by Gasteiger charge is -2.33. The number of ether oxygens (including phenoxy) is 1. The molecule has 0 fully saturated rings. The maximum absolute atomic E-state index is 13.4. The van der Waals surface area contributed by atoms with Gasteiger partial charge in [0.15, 0.2) is 0 Å². The third-order valence-electron chi connectivity index (χ3n) is 5.33. The van der Waals surface area contributed by atoms with E-state index in [4.69, 9.17) is 4.74 Å². The Morgan fingerprint density at radius 2 is 1.62 bits per heavy atom. The molecule has 0 aromatic heterocycles. The summed E-state index contributed by atoms with van der Waals surface area (Å²) in [5.74, 6) is -0.535. The van der Waals surface area contributed by atoms with Crippen molar-refractivity contribution in [1.29, 1.82) is 0 Å². The van der Waals surface area contributed by atoms with Crippen molar-refractivity contribution < 1.29 is 19.1 Å². The molecule has 2 N–H and O–H groups in total. The Morgan fingerprint density at radius 3 is 2.21 bits per heavy atom. The topological polar surface area (TPSA) is 87.7 Å². The minimum Gasteiger partial charge on any atom is -0.444 e. The van der Waals surface area contributed by atoms with E-state index in [0.29, 0.717) is 6.54 Å². The van der Waals surface area contributed by atoms with E-state index in [9.17, 15) is 14.4 Å². The van der Waals surface area contributed by atoms with Crippen LogP contribution in [0.2, 0.25) is 0 Å². The fourth-order valence-electron chi connectivity index (χ4n) is 3.73. The summed E-state index contributed by atoms with van der Waals surface area (Å²) in [6, 6.07) is 6.79. The van der Waals surface area contributed by atoms with Crippen molar-refractivity contribution in [3.05, 3.63) is 35.4 Å². The monoisotopic (exact) mass is 475 g/mol. The molecule has 7 nitrogen and oxygen atoms in total. The molecule has 0 bridgehead atoms. The van der Waals surface area contributed by atoms with Gasteiger partial charge in [0.2, 0.25) is 11.8 Å². The summed E-state index contributed by atoms with van der Waals surface area (Å²) in [5.41, 5.74) is 1.07. The van der Waals surface area contributed by atoms with Crippen LogP contribution in [0.3, 0.4) is 0 Å². The molecule has 1 atom stereocenters. The predicted molar refractivity (Wildman–Crippen MR) is 137 cm³/mol. The average molecular weight is 476 g/mol. The fourth-order valence-corrected chi connectivity index (χ4v) is 3.73. The van der Waals surface area contributed by atoms with Gasteiger partial charge in [-0.15, -0.1) is 0 Å². The first-order valence-corrected chi connectivity index (χ1v) is 12.6. The number of amides is 3. The van der Waals surface area contributed by atoms with Gasteiger partial charge in [0, 0.05) is 12.6 Å². The van der Waals surface area contributed by atoms with Crippen LogP contribution in [0.15, 0.2) is 24.3 Å². The number of benzene rings is 1. The van der Waals surface area contributed by atoms with Crippen molar-refractivity contribution in [2.45, 2.75) is 105 Å². The highest BCUT2D eigenvalue weighted by Gasteiger charge is 2.32. The summed E-state index contributed by atoms with van der Waals surface area (Å²) >= 11 is 0. The molecular formula is C27H45N3O4. The molecule has 1 aromatic carbocycles. The Hall–Kier alpha value is -2.57. The molecule has 1 rings (SSSR count). The van der Waals surface area contributed by atoms with Gasteiger partial charge in [-0.2, -0.15) is 0 Å². The van der Waals surface area contributed by atoms with Crippen LogP contribution in [0.4, 0.5) is 4.79 Å². The number of carbonyl (C=O) groups excluding carboxylic acids is 3. The molecule has 0 radical (unpaired) electrons. The second kappa shape index (κ2) is 14.6. The molecule has 7 heteroatoms. The van der Waals surface area contributed by atoms with Gasteiger partial charge >= 0.3 is 6.09 Å². The summed E-state index contributed by atoms with van der Waals surface area (Å²) in [4.78, 5) is 40.5. The van der Waals surface area contributed by atoms with Crippen molar-refractivity contribution in [3.63, 3.8) is 0 Å². The van der Waals surface area contributed by atoms with Crippen molar-refractivity contribution in [3.8, 4) is 0 Å². The third kappa shape index (κ3) is 11.0. The number of nitrogens with one attached hydrogen (secondary N) is 2. The van der Waals surface area contributed by atoms with E-state index in [0.717, 1.165) is 30.4 Å². The molecule has 0 aliphatic rings. The predicted octanol–water partition coefficient (Wildman–Crippen LogP) is 5.27. The van der Waals surface area contributed by atoms with Crippen LogP contribution < -0.4 is 10.6 Å². The van der Waals surface area contributed by atoms with Gasteiger partial charge in [0.1, 0.15) is 18.2 Å². The molecule has 0 aliphatic carbocycles. The van der Waals surface area contributed by atoms with Crippen molar-refractivity contribution in [2.75, 3.05) is 13.1 Å². The van der Waals surface area contributed by atoms with Crippen LogP contribution in [-0.2, 0) is 14.3 Å². The highest BCUT2D eigenvalue weighted by atomic mass is 16.6. The van der Waals surface area contributed by atoms with Crippen LogP contribution in [0.1, 0.15) is 97.2 Å². The molecule has 0 saturated heterocycles. The number of alkyl carbamates (subject to hydrolysis) is 1. The van der Waals surface area contributed by atoms with Crippen LogP contribution >= 0.6 is 0 Å². The zero-order valence-corrected chi connectivity index (χ0v) is 22.2. The largest absolute Gasteiger partial charge is 0.444 e. The van der Waals surface area contributed by atoms with Crippen molar-refractivity contribution in [1.82, 2.24) is 15.5 Å². The molecule has 3 amide bonds. The van der Waals surface area contributed by atoms with Gasteiger partial charge < -0.3 is 20.3 Å². The Kier molecular flexibility index (Phi) is 12.7. The molecule has 0 saturated carbocycles. The van der Waals surface area contributed by atoms with E-state index >= 15 is 0 Å². The van der Waals surface area contributed by atoms with Crippen LogP contribution in [0, 0.1) is 6.92 Å². The maximum Gasteiger partial charge on any atom is 0.408 e. The number of hydrogen-bond acceptors (Lipinski definition) is 4. The summed E-state index contributed by atoms with van der Waals surface area (Å²) in [7, 11) is 0. The Bertz CT molecular complexity index is 786. The van der Waals surface area contributed by atoms with E-state index in [-0.39, 0.29) is 24.4 Å². The van der Waals surface area contributed by atoms with Gasteiger partial charge in [-0.05, 0) is 59.1 Å². The van der Waals surface area contributed by atoms with E-state index in [1.807, 2.05) is 45.0 Å². The molecule has 192 valence electrons. The average Bonchev–Trinajstić information content (AvgIpc) is 2.73. The Balaban J connectivity index is 3.13. The third-order valence-corrected chi connectivity index (χ3v) is 5.33. The first-order chi connectivity index (χ1) is 16.0. The lowest BCUT2D eigenvalue weighted by atomic mass is 9.98. The summed E-state index contributed by atoms with van der Waals surface area (Å²) in [6.45, 7) is 13.4. The lowest BCUT2D eigenvalue weighted by Crippen LogP contribution is -2.49. The number of rotatable bonds is 13. The van der Waals surface area contributed by atoms with Gasteiger partial charge in [-0.1, -0.05) is 63.3 Å². The van der Waals surface area contributed by atoms with Gasteiger partial charge in [-0.25, -0.2) is 4.79 Å². The highest BCUT2D eigenvalue weighted by Crippen LogP contribution is 2.26. The number of unbranched alkanes of at least 4 members (excludes halogenated alkanes) is 5. The second-order valence-electron chi connectivity index (χ2n) is 10.1. The minimum absolute atomic E-state index is 0.0649. The van der Waals surface area contributed by atoms with Crippen LogP contribution in [0.25, 0.3) is 0 Å². The molecule has 1 unspecified atom stereocenters. The highest BCUT2D eigenvalue weighted by molar-refractivity contribution is 5.90. The zero-order chi connectivity index (χ0) is 25.7. The molecule has 0 aliphatic heterocycles. The van der Waals surface area contributed by atoms with Crippen molar-refractivity contribution in [2.24, 2.45) is 0 Å². The molecular weight excluding hydrogens is 430 g/mol. The van der Waals surface area contributed by atoms with E-state index in [1.165, 1.54) is 19.3 Å². The Labute approximate surface area is 206 Å². The normalized spacial score (nSPS) is 12.2. The molecule has 1 aromatic rings. The summed E-state index contributed by atoms with van der Waals surface area (Å²) in [5, 5.41) is 5.53. The Morgan fingerprint density at radius 1 is 1.00 bits per heavy atom. The summed E-state index contributed by atoms with van der Waals surface area (Å²) < 4.78 is 5.27. The number of hydrogen-bond donors (Lipinski definition) is 2. The second-order valence-corrected chi connectivity index (χ2v) is 10.1. The van der Waals surface area contributed by atoms with E-state index in [2.05, 4.69) is 17.6 Å². The smallest absolute Gasteiger partial charge is 0.408 e. The standard InChI is InChI=1S/C27H45N3O4/c1-8-9-10-11-12-15-18-30(23(31)19-28-26(33)34-27(5,6)7)24(25(32)29-20(2)3)22-17-14-13-16-21(22)4/h13-14,16-17,20,24H,8-12,15,18-19H2,1-7H3,(H,28,33)(H,29,32). The quantitative estimate of drug-likeness (QED) is 0.380. The maximum atomic E-state index is 13.4. The fraction of sp³-hybridized carbons (Fsp3) is 0.667.